The lowest BCUT2D eigenvalue weighted by molar-refractivity contribution is 0.0497. The molecule has 106 valence electrons. The molecule has 0 aromatic heterocycles. The van der Waals surface area contributed by atoms with Crippen LogP contribution in [0.5, 0.6) is 0 Å². The van der Waals surface area contributed by atoms with Gasteiger partial charge in [-0.05, 0) is 31.7 Å². The maximum atomic E-state index is 6.10. The van der Waals surface area contributed by atoms with Crippen LogP contribution < -0.4 is 5.32 Å². The molecule has 19 heavy (non-hydrogen) atoms. The molecule has 0 heterocycles. The zero-order chi connectivity index (χ0) is 13.5. The van der Waals surface area contributed by atoms with Crippen LogP contribution >= 0.6 is 0 Å². The second kappa shape index (κ2) is 7.66. The zero-order valence-corrected chi connectivity index (χ0v) is 12.3. The highest BCUT2D eigenvalue weighted by Crippen LogP contribution is 2.23. The van der Waals surface area contributed by atoms with Crippen molar-refractivity contribution in [1.82, 2.24) is 5.32 Å². The molecule has 1 aromatic rings. The number of benzene rings is 1. The van der Waals surface area contributed by atoms with Gasteiger partial charge in [0.2, 0.25) is 0 Å². The molecule has 1 aliphatic rings. The molecular weight excluding hydrogens is 234 g/mol. The summed E-state index contributed by atoms with van der Waals surface area (Å²) in [4.78, 5) is 0. The quantitative estimate of drug-likeness (QED) is 0.679. The van der Waals surface area contributed by atoms with Gasteiger partial charge in [-0.2, -0.15) is 0 Å². The molecule has 1 aliphatic carbocycles. The SMILES string of the molecule is CCCCCOC(CNC1CC1)c1cccc(C)c1. The number of aryl methyl sites for hydroxylation is 1. The summed E-state index contributed by atoms with van der Waals surface area (Å²) in [5.41, 5.74) is 2.62. The van der Waals surface area contributed by atoms with E-state index < -0.39 is 0 Å². The molecule has 0 bridgehead atoms. The van der Waals surface area contributed by atoms with Gasteiger partial charge in [0, 0.05) is 19.2 Å². The van der Waals surface area contributed by atoms with Gasteiger partial charge in [-0.15, -0.1) is 0 Å². The fraction of sp³-hybridized carbons (Fsp3) is 0.647. The maximum absolute atomic E-state index is 6.10. The lowest BCUT2D eigenvalue weighted by Crippen LogP contribution is -2.25. The smallest absolute Gasteiger partial charge is 0.0949 e. The first-order valence-electron chi connectivity index (χ1n) is 7.71. The number of hydrogen-bond acceptors (Lipinski definition) is 2. The second-order valence-electron chi connectivity index (χ2n) is 5.66. The van der Waals surface area contributed by atoms with E-state index >= 15 is 0 Å². The summed E-state index contributed by atoms with van der Waals surface area (Å²) in [6, 6.07) is 9.45. The van der Waals surface area contributed by atoms with E-state index in [1.165, 1.54) is 43.2 Å². The summed E-state index contributed by atoms with van der Waals surface area (Å²) in [5.74, 6) is 0. The van der Waals surface area contributed by atoms with Gasteiger partial charge in [0.25, 0.3) is 0 Å². The molecule has 0 amide bonds. The Labute approximate surface area is 117 Å². The minimum absolute atomic E-state index is 0.206. The highest BCUT2D eigenvalue weighted by molar-refractivity contribution is 5.24. The van der Waals surface area contributed by atoms with Gasteiger partial charge in [0.1, 0.15) is 0 Å². The maximum Gasteiger partial charge on any atom is 0.0949 e. The van der Waals surface area contributed by atoms with E-state index in [1.54, 1.807) is 0 Å². The van der Waals surface area contributed by atoms with Crippen molar-refractivity contribution in [3.63, 3.8) is 0 Å². The van der Waals surface area contributed by atoms with Crippen LogP contribution in [0.15, 0.2) is 24.3 Å². The van der Waals surface area contributed by atoms with Gasteiger partial charge in [-0.25, -0.2) is 0 Å². The van der Waals surface area contributed by atoms with E-state index in [1.807, 2.05) is 0 Å². The summed E-state index contributed by atoms with van der Waals surface area (Å²) < 4.78 is 6.10. The summed E-state index contributed by atoms with van der Waals surface area (Å²) in [6.07, 6.45) is 6.54. The van der Waals surface area contributed by atoms with Crippen molar-refractivity contribution in [3.05, 3.63) is 35.4 Å². The van der Waals surface area contributed by atoms with E-state index in [0.717, 1.165) is 19.2 Å². The van der Waals surface area contributed by atoms with Gasteiger partial charge < -0.3 is 10.1 Å². The first kappa shape index (κ1) is 14.5. The molecule has 0 spiro atoms. The highest BCUT2D eigenvalue weighted by atomic mass is 16.5. The van der Waals surface area contributed by atoms with E-state index in [-0.39, 0.29) is 6.10 Å². The van der Waals surface area contributed by atoms with Crippen molar-refractivity contribution in [2.75, 3.05) is 13.2 Å². The van der Waals surface area contributed by atoms with Crippen LogP contribution in [0.4, 0.5) is 0 Å². The van der Waals surface area contributed by atoms with Crippen LogP contribution in [0.1, 0.15) is 56.3 Å². The fourth-order valence-electron chi connectivity index (χ4n) is 2.28. The number of ether oxygens (including phenoxy) is 1. The molecule has 2 heteroatoms. The summed E-state index contributed by atoms with van der Waals surface area (Å²) in [7, 11) is 0. The van der Waals surface area contributed by atoms with Gasteiger partial charge >= 0.3 is 0 Å². The zero-order valence-electron chi connectivity index (χ0n) is 12.3. The lowest BCUT2D eigenvalue weighted by Gasteiger charge is -2.19. The van der Waals surface area contributed by atoms with Crippen LogP contribution in [-0.2, 0) is 4.74 Å². The van der Waals surface area contributed by atoms with E-state index in [9.17, 15) is 0 Å². The van der Waals surface area contributed by atoms with Crippen molar-refractivity contribution < 1.29 is 4.74 Å². The molecule has 1 fully saturated rings. The van der Waals surface area contributed by atoms with E-state index in [4.69, 9.17) is 4.74 Å². The minimum atomic E-state index is 0.206. The summed E-state index contributed by atoms with van der Waals surface area (Å²) in [6.45, 7) is 6.19. The Morgan fingerprint density at radius 1 is 1.32 bits per heavy atom. The third-order valence-electron chi connectivity index (χ3n) is 3.65. The monoisotopic (exact) mass is 261 g/mol. The van der Waals surface area contributed by atoms with Crippen molar-refractivity contribution in [2.45, 2.75) is 58.1 Å². The minimum Gasteiger partial charge on any atom is -0.372 e. The number of rotatable bonds is 9. The van der Waals surface area contributed by atoms with Crippen LogP contribution in [0.3, 0.4) is 0 Å². The molecule has 0 radical (unpaired) electrons. The average Bonchev–Trinajstić information content (AvgIpc) is 3.22. The Morgan fingerprint density at radius 2 is 2.16 bits per heavy atom. The van der Waals surface area contributed by atoms with Crippen molar-refractivity contribution in [1.29, 1.82) is 0 Å². The molecule has 1 N–H and O–H groups in total. The van der Waals surface area contributed by atoms with Gasteiger partial charge in [-0.3, -0.25) is 0 Å². The molecular formula is C17H27NO. The first-order valence-corrected chi connectivity index (χ1v) is 7.71. The standard InChI is InChI=1S/C17H27NO/c1-3-4-5-11-19-17(13-18-16-9-10-16)15-8-6-7-14(2)12-15/h6-8,12,16-18H,3-5,9-11,13H2,1-2H3. The molecule has 1 atom stereocenters. The summed E-state index contributed by atoms with van der Waals surface area (Å²) in [5, 5.41) is 3.59. The Bertz CT molecular complexity index is 373. The van der Waals surface area contributed by atoms with E-state index in [2.05, 4.69) is 43.4 Å². The Balaban J connectivity index is 1.87. The Kier molecular flexibility index (Phi) is 5.87. The van der Waals surface area contributed by atoms with Crippen molar-refractivity contribution >= 4 is 0 Å². The Hall–Kier alpha value is -0.860. The lowest BCUT2D eigenvalue weighted by atomic mass is 10.1. The second-order valence-corrected chi connectivity index (χ2v) is 5.66. The normalized spacial score (nSPS) is 16.5. The van der Waals surface area contributed by atoms with Gasteiger partial charge in [0.05, 0.1) is 6.10 Å². The Morgan fingerprint density at radius 3 is 2.84 bits per heavy atom. The van der Waals surface area contributed by atoms with Crippen LogP contribution in [0.25, 0.3) is 0 Å². The van der Waals surface area contributed by atoms with Gasteiger partial charge in [-0.1, -0.05) is 49.6 Å². The fourth-order valence-corrected chi connectivity index (χ4v) is 2.28. The molecule has 1 aromatic carbocycles. The first-order chi connectivity index (χ1) is 9.29. The molecule has 2 nitrogen and oxygen atoms in total. The predicted molar refractivity (Wildman–Crippen MR) is 80.4 cm³/mol. The van der Waals surface area contributed by atoms with Crippen LogP contribution in [0.2, 0.25) is 0 Å². The number of nitrogens with one attached hydrogen (secondary N) is 1. The van der Waals surface area contributed by atoms with Crippen LogP contribution in [-0.4, -0.2) is 19.2 Å². The average molecular weight is 261 g/mol. The van der Waals surface area contributed by atoms with Gasteiger partial charge in [0.15, 0.2) is 0 Å². The molecule has 0 saturated heterocycles. The van der Waals surface area contributed by atoms with Crippen molar-refractivity contribution in [2.24, 2.45) is 0 Å². The molecule has 0 aliphatic heterocycles. The topological polar surface area (TPSA) is 21.3 Å². The summed E-state index contributed by atoms with van der Waals surface area (Å²) >= 11 is 0. The van der Waals surface area contributed by atoms with Crippen LogP contribution in [0, 0.1) is 6.92 Å². The van der Waals surface area contributed by atoms with Crippen molar-refractivity contribution in [3.8, 4) is 0 Å². The number of hydrogen-bond donors (Lipinski definition) is 1. The molecule has 2 rings (SSSR count). The predicted octanol–water partition coefficient (Wildman–Crippen LogP) is 3.99. The van der Waals surface area contributed by atoms with E-state index in [0.29, 0.717) is 0 Å². The molecule has 1 unspecified atom stereocenters. The number of unbranched alkanes of at least 4 members (excludes halogenated alkanes) is 2. The third-order valence-corrected chi connectivity index (χ3v) is 3.65. The molecule has 1 saturated carbocycles. The third kappa shape index (κ3) is 5.33. The highest BCUT2D eigenvalue weighted by Gasteiger charge is 2.22. The largest absolute Gasteiger partial charge is 0.372 e.